The molecule has 0 aromatic carbocycles. The molecular weight excluding hydrogens is 220 g/mol. The summed E-state index contributed by atoms with van der Waals surface area (Å²) in [6, 6.07) is 0. The average Bonchev–Trinajstić information content (AvgIpc) is 2.76. The van der Waals surface area contributed by atoms with Crippen LogP contribution in [-0.2, 0) is 11.3 Å². The Morgan fingerprint density at radius 3 is 2.94 bits per heavy atom. The minimum atomic E-state index is -0.822. The van der Waals surface area contributed by atoms with Crippen molar-refractivity contribution >= 4 is 5.91 Å². The molecule has 1 atom stereocenters. The highest BCUT2D eigenvalue weighted by Gasteiger charge is 2.19. The number of amides is 1. The molecule has 1 unspecified atom stereocenters. The van der Waals surface area contributed by atoms with Crippen molar-refractivity contribution in [2.45, 2.75) is 45.3 Å². The summed E-state index contributed by atoms with van der Waals surface area (Å²) in [6.45, 7) is 4.52. The van der Waals surface area contributed by atoms with E-state index in [0.29, 0.717) is 19.4 Å². The molecule has 0 saturated heterocycles. The van der Waals surface area contributed by atoms with Gasteiger partial charge in [-0.2, -0.15) is 0 Å². The van der Waals surface area contributed by atoms with Gasteiger partial charge in [0, 0.05) is 19.2 Å². The normalized spacial score (nSPS) is 14.3. The fourth-order valence-corrected chi connectivity index (χ4v) is 1.57. The van der Waals surface area contributed by atoms with Crippen LogP contribution in [0.25, 0.3) is 0 Å². The first-order chi connectivity index (χ1) is 8.03. The number of aliphatic hydroxyl groups is 1. The number of aryl methyl sites for hydroxylation is 1. The van der Waals surface area contributed by atoms with Gasteiger partial charge in [0.05, 0.1) is 18.3 Å². The zero-order valence-electron chi connectivity index (χ0n) is 10.4. The van der Waals surface area contributed by atoms with E-state index in [1.165, 1.54) is 0 Å². The Bertz CT molecular complexity index is 335. The van der Waals surface area contributed by atoms with Gasteiger partial charge in [-0.05, 0) is 13.3 Å². The Hall–Kier alpha value is -1.43. The molecule has 1 aromatic heterocycles. The van der Waals surface area contributed by atoms with Crippen LogP contribution >= 0.6 is 0 Å². The lowest BCUT2D eigenvalue weighted by Gasteiger charge is -2.22. The van der Waals surface area contributed by atoms with Gasteiger partial charge in [0.1, 0.15) is 0 Å². The van der Waals surface area contributed by atoms with Gasteiger partial charge in [-0.3, -0.25) is 9.48 Å². The predicted octanol–water partition coefficient (Wildman–Crippen LogP) is 0.335. The summed E-state index contributed by atoms with van der Waals surface area (Å²) in [4.78, 5) is 11.5. The molecule has 6 nitrogen and oxygen atoms in total. The maximum atomic E-state index is 11.5. The molecule has 0 radical (unpaired) electrons. The smallest absolute Gasteiger partial charge is 0.221 e. The van der Waals surface area contributed by atoms with E-state index < -0.39 is 5.60 Å². The zero-order chi connectivity index (χ0) is 12.7. The number of nitrogens with one attached hydrogen (secondary N) is 1. The van der Waals surface area contributed by atoms with Gasteiger partial charge in [0.2, 0.25) is 5.91 Å². The summed E-state index contributed by atoms with van der Waals surface area (Å²) in [5.74, 6) is -0.0862. The molecule has 0 aliphatic rings. The van der Waals surface area contributed by atoms with Crippen molar-refractivity contribution in [2.24, 2.45) is 0 Å². The van der Waals surface area contributed by atoms with Crippen LogP contribution in [-0.4, -0.2) is 38.2 Å². The van der Waals surface area contributed by atoms with Crippen LogP contribution in [0.1, 0.15) is 33.1 Å². The molecule has 0 spiro atoms. The van der Waals surface area contributed by atoms with Crippen LogP contribution < -0.4 is 5.32 Å². The molecule has 1 aromatic rings. The van der Waals surface area contributed by atoms with Gasteiger partial charge in [-0.15, -0.1) is 5.10 Å². The molecule has 1 amide bonds. The molecule has 1 heterocycles. The van der Waals surface area contributed by atoms with E-state index in [1.54, 1.807) is 24.0 Å². The number of hydrogen-bond acceptors (Lipinski definition) is 4. The molecule has 0 aliphatic heterocycles. The fourth-order valence-electron chi connectivity index (χ4n) is 1.57. The topological polar surface area (TPSA) is 80.0 Å². The van der Waals surface area contributed by atoms with Crippen molar-refractivity contribution in [2.75, 3.05) is 6.54 Å². The average molecular weight is 240 g/mol. The molecule has 0 saturated carbocycles. The van der Waals surface area contributed by atoms with Crippen LogP contribution in [0.4, 0.5) is 0 Å². The number of aromatic nitrogens is 3. The van der Waals surface area contributed by atoms with E-state index in [4.69, 9.17) is 0 Å². The molecule has 0 aliphatic carbocycles. The Labute approximate surface area is 101 Å². The summed E-state index contributed by atoms with van der Waals surface area (Å²) in [6.07, 6.45) is 5.19. The monoisotopic (exact) mass is 240 g/mol. The Morgan fingerprint density at radius 1 is 1.59 bits per heavy atom. The third kappa shape index (κ3) is 5.44. The van der Waals surface area contributed by atoms with Crippen molar-refractivity contribution in [3.8, 4) is 0 Å². The van der Waals surface area contributed by atoms with E-state index in [-0.39, 0.29) is 12.5 Å². The minimum Gasteiger partial charge on any atom is -0.388 e. The Balaban J connectivity index is 2.21. The van der Waals surface area contributed by atoms with Crippen molar-refractivity contribution in [3.63, 3.8) is 0 Å². The molecule has 0 bridgehead atoms. The Morgan fingerprint density at radius 2 is 2.35 bits per heavy atom. The van der Waals surface area contributed by atoms with Crippen LogP contribution in [0.15, 0.2) is 12.4 Å². The largest absolute Gasteiger partial charge is 0.388 e. The molecule has 6 heteroatoms. The molecular formula is C11H20N4O2. The van der Waals surface area contributed by atoms with Gasteiger partial charge < -0.3 is 10.4 Å². The third-order valence-corrected chi connectivity index (χ3v) is 2.49. The number of carbonyl (C=O) groups excluding carboxylic acids is 1. The fraction of sp³-hybridized carbons (Fsp3) is 0.727. The SMILES string of the molecule is CCCC(C)(O)CNC(=O)CCn1ccnn1. The molecule has 0 fully saturated rings. The molecule has 17 heavy (non-hydrogen) atoms. The number of carbonyl (C=O) groups is 1. The molecule has 1 rings (SSSR count). The van der Waals surface area contributed by atoms with Crippen molar-refractivity contribution in [3.05, 3.63) is 12.4 Å². The summed E-state index contributed by atoms with van der Waals surface area (Å²) >= 11 is 0. The predicted molar refractivity (Wildman–Crippen MR) is 63.2 cm³/mol. The summed E-state index contributed by atoms with van der Waals surface area (Å²) in [5.41, 5.74) is -0.822. The van der Waals surface area contributed by atoms with E-state index in [2.05, 4.69) is 15.6 Å². The number of hydrogen-bond donors (Lipinski definition) is 2. The second-order valence-electron chi connectivity index (χ2n) is 4.44. The van der Waals surface area contributed by atoms with Crippen LogP contribution in [0.5, 0.6) is 0 Å². The highest BCUT2D eigenvalue weighted by Crippen LogP contribution is 2.09. The lowest BCUT2D eigenvalue weighted by atomic mass is 10.0. The van der Waals surface area contributed by atoms with E-state index in [0.717, 1.165) is 6.42 Å². The van der Waals surface area contributed by atoms with Crippen LogP contribution in [0, 0.1) is 0 Å². The minimum absolute atomic E-state index is 0.0862. The first-order valence-corrected chi connectivity index (χ1v) is 5.87. The maximum Gasteiger partial charge on any atom is 0.221 e. The van der Waals surface area contributed by atoms with Crippen molar-refractivity contribution in [1.29, 1.82) is 0 Å². The van der Waals surface area contributed by atoms with Gasteiger partial charge in [-0.25, -0.2) is 0 Å². The second kappa shape index (κ2) is 6.34. The van der Waals surface area contributed by atoms with Crippen molar-refractivity contribution in [1.82, 2.24) is 20.3 Å². The lowest BCUT2D eigenvalue weighted by molar-refractivity contribution is -0.122. The summed E-state index contributed by atoms with van der Waals surface area (Å²) in [7, 11) is 0. The second-order valence-corrected chi connectivity index (χ2v) is 4.44. The van der Waals surface area contributed by atoms with E-state index in [1.807, 2.05) is 6.92 Å². The lowest BCUT2D eigenvalue weighted by Crippen LogP contribution is -2.40. The first-order valence-electron chi connectivity index (χ1n) is 5.87. The molecule has 96 valence electrons. The summed E-state index contributed by atoms with van der Waals surface area (Å²) in [5, 5.41) is 20.0. The van der Waals surface area contributed by atoms with Crippen LogP contribution in [0.3, 0.4) is 0 Å². The summed E-state index contributed by atoms with van der Waals surface area (Å²) < 4.78 is 1.60. The molecule has 2 N–H and O–H groups in total. The van der Waals surface area contributed by atoms with E-state index >= 15 is 0 Å². The highest BCUT2D eigenvalue weighted by atomic mass is 16.3. The van der Waals surface area contributed by atoms with Crippen molar-refractivity contribution < 1.29 is 9.90 Å². The van der Waals surface area contributed by atoms with Crippen LogP contribution in [0.2, 0.25) is 0 Å². The first kappa shape index (κ1) is 13.6. The number of nitrogens with zero attached hydrogens (tertiary/aromatic N) is 3. The van der Waals surface area contributed by atoms with E-state index in [9.17, 15) is 9.90 Å². The van der Waals surface area contributed by atoms with Gasteiger partial charge in [-0.1, -0.05) is 18.6 Å². The Kier molecular flexibility index (Phi) is 5.09. The maximum absolute atomic E-state index is 11.5. The van der Waals surface area contributed by atoms with Gasteiger partial charge >= 0.3 is 0 Å². The standard InChI is InChI=1S/C11H20N4O2/c1-3-5-11(2,17)9-12-10(16)4-7-15-8-6-13-14-15/h6,8,17H,3-5,7,9H2,1-2H3,(H,12,16). The van der Waals surface area contributed by atoms with Gasteiger partial charge in [0.25, 0.3) is 0 Å². The highest BCUT2D eigenvalue weighted by molar-refractivity contribution is 5.75. The number of rotatable bonds is 7. The van der Waals surface area contributed by atoms with Gasteiger partial charge in [0.15, 0.2) is 0 Å². The quantitative estimate of drug-likeness (QED) is 0.720. The zero-order valence-corrected chi connectivity index (χ0v) is 10.4. The third-order valence-electron chi connectivity index (χ3n) is 2.49.